The number of aromatic nitrogens is 2. The Labute approximate surface area is 165 Å². The van der Waals surface area contributed by atoms with Crippen LogP contribution in [-0.4, -0.2) is 54.2 Å². The van der Waals surface area contributed by atoms with Crippen molar-refractivity contribution in [2.75, 3.05) is 26.4 Å². The predicted octanol–water partition coefficient (Wildman–Crippen LogP) is 1.82. The lowest BCUT2D eigenvalue weighted by Crippen LogP contribution is -2.26. The molecule has 0 saturated heterocycles. The van der Waals surface area contributed by atoms with Crippen molar-refractivity contribution >= 4 is 18.1 Å². The minimum Gasteiger partial charge on any atom is -0.462 e. The molecule has 152 valence electrons. The Morgan fingerprint density at radius 1 is 1.36 bits per heavy atom. The summed E-state index contributed by atoms with van der Waals surface area (Å²) in [5, 5.41) is 7.64. The highest BCUT2D eigenvalue weighted by molar-refractivity contribution is 5.96. The zero-order valence-electron chi connectivity index (χ0n) is 16.4. The van der Waals surface area contributed by atoms with Crippen LogP contribution in [0.1, 0.15) is 54.4 Å². The van der Waals surface area contributed by atoms with E-state index in [-0.39, 0.29) is 11.9 Å². The molecule has 0 saturated carbocycles. The molecule has 8 heteroatoms. The maximum Gasteiger partial charge on any atom is 0.335 e. The van der Waals surface area contributed by atoms with Crippen molar-refractivity contribution in [3.63, 3.8) is 0 Å². The Kier molecular flexibility index (Phi) is 7.36. The molecule has 0 fully saturated rings. The Hall–Kier alpha value is -2.48. The molecule has 0 radical (unpaired) electrons. The number of ether oxygens (including phenoxy) is 2. The zero-order valence-corrected chi connectivity index (χ0v) is 16.4. The highest BCUT2D eigenvalue weighted by atomic mass is 16.5. The number of esters is 1. The second kappa shape index (κ2) is 10.2. The first-order chi connectivity index (χ1) is 13.7. The van der Waals surface area contributed by atoms with Gasteiger partial charge < -0.3 is 14.8 Å². The van der Waals surface area contributed by atoms with Crippen LogP contribution in [0.4, 0.5) is 0 Å². The number of aryl methyl sites for hydroxylation is 2. The van der Waals surface area contributed by atoms with Gasteiger partial charge in [0.1, 0.15) is 0 Å². The van der Waals surface area contributed by atoms with Gasteiger partial charge in [0.15, 0.2) is 0 Å². The number of aliphatic imine (C=N–C) groups is 1. The molecule has 3 heterocycles. The van der Waals surface area contributed by atoms with Crippen molar-refractivity contribution in [2.45, 2.75) is 52.0 Å². The fourth-order valence-corrected chi connectivity index (χ4v) is 3.36. The molecular weight excluding hydrogens is 360 g/mol. The van der Waals surface area contributed by atoms with E-state index in [9.17, 15) is 9.59 Å². The summed E-state index contributed by atoms with van der Waals surface area (Å²) in [5.74, 6) is -0.373. The maximum atomic E-state index is 12.7. The lowest BCUT2D eigenvalue weighted by atomic mass is 10.1. The molecule has 2 aliphatic heterocycles. The van der Waals surface area contributed by atoms with E-state index in [1.54, 1.807) is 12.4 Å². The summed E-state index contributed by atoms with van der Waals surface area (Å²) in [6.45, 7) is 4.85. The molecule has 2 aliphatic rings. The fourth-order valence-electron chi connectivity index (χ4n) is 3.36. The average Bonchev–Trinajstić information content (AvgIpc) is 3.34. The molecule has 1 amide bonds. The van der Waals surface area contributed by atoms with E-state index in [1.165, 1.54) is 0 Å². The van der Waals surface area contributed by atoms with Crippen molar-refractivity contribution in [3.05, 3.63) is 28.7 Å². The number of hydrogen-bond acceptors (Lipinski definition) is 6. The molecule has 28 heavy (non-hydrogen) atoms. The van der Waals surface area contributed by atoms with Crippen LogP contribution in [0.2, 0.25) is 0 Å². The third-order valence-electron chi connectivity index (χ3n) is 4.80. The van der Waals surface area contributed by atoms with Gasteiger partial charge in [-0.2, -0.15) is 5.10 Å². The molecule has 0 bridgehead atoms. The number of hydrogen-bond donors (Lipinski definition) is 1. The second-order valence-corrected chi connectivity index (χ2v) is 6.85. The number of amides is 1. The van der Waals surface area contributed by atoms with Gasteiger partial charge in [-0.1, -0.05) is 6.92 Å². The molecule has 0 aliphatic carbocycles. The molecule has 3 rings (SSSR count). The first kappa shape index (κ1) is 20.3. The normalized spacial score (nSPS) is 17.5. The molecule has 0 spiro atoms. The smallest absolute Gasteiger partial charge is 0.335 e. The molecule has 0 atom stereocenters. The Morgan fingerprint density at radius 2 is 2.21 bits per heavy atom. The summed E-state index contributed by atoms with van der Waals surface area (Å²) in [4.78, 5) is 28.5. The van der Waals surface area contributed by atoms with Crippen molar-refractivity contribution < 1.29 is 19.1 Å². The van der Waals surface area contributed by atoms with Crippen LogP contribution < -0.4 is 5.32 Å². The summed E-state index contributed by atoms with van der Waals surface area (Å²) >= 11 is 0. The number of rotatable bonds is 6. The largest absolute Gasteiger partial charge is 0.462 e. The maximum absolute atomic E-state index is 12.7. The first-order valence-electron chi connectivity index (χ1n) is 10.0. The predicted molar refractivity (Wildman–Crippen MR) is 104 cm³/mol. The summed E-state index contributed by atoms with van der Waals surface area (Å²) in [6, 6.07) is 0. The molecule has 1 aromatic heterocycles. The van der Waals surface area contributed by atoms with Crippen molar-refractivity contribution in [1.82, 2.24) is 15.1 Å². The minimum absolute atomic E-state index is 0.0559. The van der Waals surface area contributed by atoms with Crippen LogP contribution in [0.5, 0.6) is 0 Å². The van der Waals surface area contributed by atoms with Crippen molar-refractivity contribution in [2.24, 2.45) is 4.99 Å². The molecular formula is C20H28N4O4. The van der Waals surface area contributed by atoms with Gasteiger partial charge >= 0.3 is 5.97 Å². The average molecular weight is 388 g/mol. The lowest BCUT2D eigenvalue weighted by molar-refractivity contribution is -0.139. The van der Waals surface area contributed by atoms with Crippen molar-refractivity contribution in [1.29, 1.82) is 0 Å². The van der Waals surface area contributed by atoms with E-state index in [4.69, 9.17) is 9.47 Å². The molecule has 0 aromatic carbocycles. The number of carbonyl (C=O) groups is 2. The van der Waals surface area contributed by atoms with E-state index in [2.05, 4.69) is 15.4 Å². The van der Waals surface area contributed by atoms with E-state index >= 15 is 0 Å². The van der Waals surface area contributed by atoms with Crippen LogP contribution in [0.3, 0.4) is 0 Å². The summed E-state index contributed by atoms with van der Waals surface area (Å²) in [6.07, 6.45) is 7.48. The molecule has 8 nitrogen and oxygen atoms in total. The highest BCUT2D eigenvalue weighted by Crippen LogP contribution is 2.19. The van der Waals surface area contributed by atoms with Crippen LogP contribution in [0.25, 0.3) is 0 Å². The van der Waals surface area contributed by atoms with Gasteiger partial charge in [0, 0.05) is 51.6 Å². The SMILES string of the molecule is CCc1nn(CCCOC(=O)C2=CN=CC2)c2c1C(=O)NCCCOCCC2. The van der Waals surface area contributed by atoms with E-state index in [0.29, 0.717) is 63.3 Å². The number of carbonyl (C=O) groups excluding carboxylic acids is 2. The third-order valence-corrected chi connectivity index (χ3v) is 4.80. The summed E-state index contributed by atoms with van der Waals surface area (Å²) in [5.41, 5.74) is 3.04. The zero-order chi connectivity index (χ0) is 19.8. The van der Waals surface area contributed by atoms with Crippen LogP contribution in [0, 0.1) is 0 Å². The Bertz CT molecular complexity index is 767. The molecule has 0 unspecified atom stereocenters. The highest BCUT2D eigenvalue weighted by Gasteiger charge is 2.23. The second-order valence-electron chi connectivity index (χ2n) is 6.85. The topological polar surface area (TPSA) is 94.8 Å². The fraction of sp³-hybridized carbons (Fsp3) is 0.600. The third kappa shape index (κ3) is 5.07. The van der Waals surface area contributed by atoms with Gasteiger partial charge in [0.2, 0.25) is 0 Å². The van der Waals surface area contributed by atoms with Gasteiger partial charge in [0.05, 0.1) is 29.1 Å². The summed E-state index contributed by atoms with van der Waals surface area (Å²) < 4.78 is 12.8. The molecule has 1 N–H and O–H groups in total. The van der Waals surface area contributed by atoms with E-state index in [1.807, 2.05) is 11.6 Å². The van der Waals surface area contributed by atoms with Crippen molar-refractivity contribution in [3.8, 4) is 0 Å². The lowest BCUT2D eigenvalue weighted by Gasteiger charge is -2.10. The standard InChI is InChI=1S/C20H28N4O4/c1-2-16-18-17(6-3-11-27-12-4-8-22-19(18)25)24(23-16)10-5-13-28-20(26)15-7-9-21-14-15/h9,14H,2-8,10-13H2,1H3,(H,22,25). The Balaban J connectivity index is 1.65. The minimum atomic E-state index is -0.317. The van der Waals surface area contributed by atoms with Gasteiger partial charge in [0.25, 0.3) is 5.91 Å². The monoisotopic (exact) mass is 388 g/mol. The van der Waals surface area contributed by atoms with Crippen LogP contribution in [0.15, 0.2) is 16.8 Å². The van der Waals surface area contributed by atoms with Gasteiger partial charge in [-0.3, -0.25) is 14.5 Å². The van der Waals surface area contributed by atoms with Gasteiger partial charge in [-0.05, 0) is 25.7 Å². The van der Waals surface area contributed by atoms with E-state index in [0.717, 1.165) is 30.7 Å². The number of nitrogens with one attached hydrogen (secondary N) is 1. The van der Waals surface area contributed by atoms with Gasteiger partial charge in [-0.15, -0.1) is 0 Å². The number of fused-ring (bicyclic) bond motifs is 1. The van der Waals surface area contributed by atoms with Crippen LogP contribution in [-0.2, 0) is 33.7 Å². The molecule has 1 aromatic rings. The summed E-state index contributed by atoms with van der Waals surface area (Å²) in [7, 11) is 0. The van der Waals surface area contributed by atoms with Crippen LogP contribution >= 0.6 is 0 Å². The van der Waals surface area contributed by atoms with Gasteiger partial charge in [-0.25, -0.2) is 4.79 Å². The quantitative estimate of drug-likeness (QED) is 0.592. The Morgan fingerprint density at radius 3 is 3.00 bits per heavy atom. The van der Waals surface area contributed by atoms with E-state index < -0.39 is 0 Å². The first-order valence-corrected chi connectivity index (χ1v) is 10.0. The number of nitrogens with zero attached hydrogens (tertiary/aromatic N) is 3.